The predicted octanol–water partition coefficient (Wildman–Crippen LogP) is 0.918. The van der Waals surface area contributed by atoms with Crippen LogP contribution in [0, 0.1) is 0 Å². The van der Waals surface area contributed by atoms with Gasteiger partial charge in [-0.25, -0.2) is 9.59 Å². The van der Waals surface area contributed by atoms with Crippen molar-refractivity contribution < 1.29 is 64.7 Å². The van der Waals surface area contributed by atoms with Crippen molar-refractivity contribution in [3.63, 3.8) is 0 Å². The lowest BCUT2D eigenvalue weighted by Crippen LogP contribution is -3.00. The molecule has 2 aromatic carbocycles. The van der Waals surface area contributed by atoms with E-state index in [9.17, 15) is 14.7 Å². The molecule has 0 amide bonds. The molecular formula is C23H24Br2ClNO10. The number of halogens is 3. The van der Waals surface area contributed by atoms with Crippen molar-refractivity contribution in [1.82, 2.24) is 0 Å². The highest BCUT2D eigenvalue weighted by molar-refractivity contribution is 9.11. The van der Waals surface area contributed by atoms with Crippen molar-refractivity contribution in [2.24, 2.45) is 0 Å². The molecule has 0 fully saturated rings. The summed E-state index contributed by atoms with van der Waals surface area (Å²) in [7, 11) is 8.69. The summed E-state index contributed by atoms with van der Waals surface area (Å²) >= 11 is 6.77. The Morgan fingerprint density at radius 1 is 0.838 bits per heavy atom. The van der Waals surface area contributed by atoms with Gasteiger partial charge in [0.05, 0.1) is 55.4 Å². The van der Waals surface area contributed by atoms with Gasteiger partial charge in [0.2, 0.25) is 25.1 Å². The van der Waals surface area contributed by atoms with E-state index in [1.54, 1.807) is 0 Å². The van der Waals surface area contributed by atoms with Gasteiger partial charge in [-0.05, 0) is 31.9 Å². The Balaban J connectivity index is 0.00000380. The van der Waals surface area contributed by atoms with Crippen molar-refractivity contribution in [3.8, 4) is 45.6 Å². The molecule has 0 spiro atoms. The minimum absolute atomic E-state index is 0. The number of hydrogen-bond donors (Lipinski definition) is 1. The van der Waals surface area contributed by atoms with Crippen LogP contribution in [0.15, 0.2) is 8.95 Å². The topological polar surface area (TPSA) is 119 Å². The highest BCUT2D eigenvalue weighted by Crippen LogP contribution is 2.60. The van der Waals surface area contributed by atoms with Gasteiger partial charge in [0.15, 0.2) is 23.0 Å². The summed E-state index contributed by atoms with van der Waals surface area (Å²) in [5, 5.41) is 10.2. The van der Waals surface area contributed by atoms with Gasteiger partial charge in [0.1, 0.15) is 13.2 Å². The zero-order chi connectivity index (χ0) is 26.4. The average Bonchev–Trinajstić information content (AvgIpc) is 3.46. The Labute approximate surface area is 235 Å². The molecular weight excluding hydrogens is 646 g/mol. The third kappa shape index (κ3) is 5.09. The van der Waals surface area contributed by atoms with E-state index in [1.165, 1.54) is 14.2 Å². The standard InChI is InChI=1S/C23H23Br2NO10.ClH/c1-26(2,3)6-7-32-23(29)13-11(17-21(36-9-34-17)19(31-5)15(13)25)10-12(22(27)28)14(24)18(30-4)20-16(10)33-8-35-20;/h6-9H2,1-5H3;1H. The van der Waals surface area contributed by atoms with Gasteiger partial charge in [-0.1, -0.05) is 0 Å². The molecule has 0 radical (unpaired) electrons. The predicted molar refractivity (Wildman–Crippen MR) is 133 cm³/mol. The maximum atomic E-state index is 13.5. The largest absolute Gasteiger partial charge is 1.00 e. The van der Waals surface area contributed by atoms with Gasteiger partial charge in [0, 0.05) is 11.1 Å². The Bertz CT molecular complexity index is 1260. The minimum atomic E-state index is -1.31. The van der Waals surface area contributed by atoms with Crippen LogP contribution >= 0.6 is 31.9 Å². The fraction of sp³-hybridized carbons (Fsp3) is 0.391. The summed E-state index contributed by atoms with van der Waals surface area (Å²) in [6.07, 6.45) is 0. The molecule has 11 nitrogen and oxygen atoms in total. The van der Waals surface area contributed by atoms with Crippen LogP contribution < -0.4 is 40.8 Å². The van der Waals surface area contributed by atoms with Gasteiger partial charge < -0.3 is 55.2 Å². The number of likely N-dealkylation sites (N-methyl/N-ethyl adjacent to an activating group) is 1. The first kappa shape index (κ1) is 29.0. The zero-order valence-electron chi connectivity index (χ0n) is 20.5. The first-order chi connectivity index (χ1) is 17.0. The number of hydrogen-bond acceptors (Lipinski definition) is 9. The number of rotatable bonds is 8. The molecule has 37 heavy (non-hydrogen) atoms. The summed E-state index contributed by atoms with van der Waals surface area (Å²) < 4.78 is 40.1. The average molecular weight is 670 g/mol. The second kappa shape index (κ2) is 11.0. The number of fused-ring (bicyclic) bond motifs is 2. The molecule has 2 aliphatic heterocycles. The molecule has 0 bridgehead atoms. The molecule has 1 N–H and O–H groups in total. The smallest absolute Gasteiger partial charge is 0.340 e. The van der Waals surface area contributed by atoms with E-state index >= 15 is 0 Å². The monoisotopic (exact) mass is 667 g/mol. The van der Waals surface area contributed by atoms with E-state index in [0.29, 0.717) is 11.0 Å². The maximum absolute atomic E-state index is 13.5. The number of quaternary nitrogens is 1. The van der Waals surface area contributed by atoms with E-state index in [0.717, 1.165) is 0 Å². The van der Waals surface area contributed by atoms with Gasteiger partial charge in [-0.15, -0.1) is 0 Å². The minimum Gasteiger partial charge on any atom is -1.00 e. The van der Waals surface area contributed by atoms with E-state index < -0.39 is 11.9 Å². The molecule has 0 atom stereocenters. The number of carboxylic acids is 1. The number of ether oxygens (including phenoxy) is 7. The van der Waals surface area contributed by atoms with Gasteiger partial charge >= 0.3 is 11.9 Å². The molecule has 0 aliphatic carbocycles. The fourth-order valence-electron chi connectivity index (χ4n) is 3.86. The molecule has 0 unspecified atom stereocenters. The lowest BCUT2D eigenvalue weighted by Gasteiger charge is -2.24. The molecule has 14 heteroatoms. The molecule has 2 heterocycles. The Morgan fingerprint density at radius 2 is 1.27 bits per heavy atom. The van der Waals surface area contributed by atoms with Gasteiger partial charge in [-0.3, -0.25) is 0 Å². The first-order valence-corrected chi connectivity index (χ1v) is 12.2. The Hall–Kier alpha value is -2.61. The quantitative estimate of drug-likeness (QED) is 0.321. The summed E-state index contributed by atoms with van der Waals surface area (Å²) in [5.74, 6) is -1.16. The van der Waals surface area contributed by atoms with Crippen LogP contribution in [-0.4, -0.2) is 83.6 Å². The zero-order valence-corrected chi connectivity index (χ0v) is 24.5. The Kier molecular flexibility index (Phi) is 8.62. The molecule has 202 valence electrons. The number of esters is 1. The lowest BCUT2D eigenvalue weighted by atomic mass is 9.91. The summed E-state index contributed by atoms with van der Waals surface area (Å²) in [5.41, 5.74) is -0.125. The lowest BCUT2D eigenvalue weighted by molar-refractivity contribution is -0.870. The molecule has 0 saturated carbocycles. The normalized spacial score (nSPS) is 13.2. The second-order valence-electron chi connectivity index (χ2n) is 8.78. The molecule has 2 aliphatic rings. The molecule has 0 saturated heterocycles. The first-order valence-electron chi connectivity index (χ1n) is 10.6. The third-order valence-corrected chi connectivity index (χ3v) is 7.01. The van der Waals surface area contributed by atoms with E-state index in [4.69, 9.17) is 33.2 Å². The number of nitrogens with zero attached hydrogens (tertiary/aromatic N) is 1. The van der Waals surface area contributed by atoms with Crippen molar-refractivity contribution in [3.05, 3.63) is 20.1 Å². The van der Waals surface area contributed by atoms with Crippen LogP contribution in [0.1, 0.15) is 20.7 Å². The number of aromatic carboxylic acids is 1. The number of carboxylic acid groups (broad SMARTS) is 1. The fourth-order valence-corrected chi connectivity index (χ4v) is 5.27. The SMILES string of the molecule is COc1c(Br)c(C(=O)O)c(-c2c3c(c(OC)c(Br)c2C(=O)OCC[N+](C)(C)C)OCO3)c2c1OCO2.[Cl-]. The van der Waals surface area contributed by atoms with Gasteiger partial charge in [0.25, 0.3) is 0 Å². The molecule has 0 aromatic heterocycles. The highest BCUT2D eigenvalue weighted by atomic mass is 79.9. The van der Waals surface area contributed by atoms with Crippen molar-refractivity contribution in [1.29, 1.82) is 0 Å². The van der Waals surface area contributed by atoms with E-state index in [-0.39, 0.29) is 98.3 Å². The third-order valence-electron chi connectivity index (χ3n) is 5.50. The molecule has 4 rings (SSSR count). The number of methoxy groups -OCH3 is 2. The van der Waals surface area contributed by atoms with Crippen LogP contribution in [0.3, 0.4) is 0 Å². The van der Waals surface area contributed by atoms with Crippen LogP contribution in [0.5, 0.6) is 34.5 Å². The van der Waals surface area contributed by atoms with Crippen LogP contribution in [0.25, 0.3) is 11.1 Å². The summed E-state index contributed by atoms with van der Waals surface area (Å²) in [6, 6.07) is 0. The highest BCUT2D eigenvalue weighted by Gasteiger charge is 2.41. The second-order valence-corrected chi connectivity index (χ2v) is 10.4. The van der Waals surface area contributed by atoms with Crippen LogP contribution in [0.4, 0.5) is 0 Å². The summed E-state index contributed by atoms with van der Waals surface area (Å²) in [4.78, 5) is 26.1. The number of carbonyl (C=O) groups excluding carboxylic acids is 1. The van der Waals surface area contributed by atoms with E-state index in [1.807, 2.05) is 21.1 Å². The van der Waals surface area contributed by atoms with Gasteiger partial charge in [-0.2, -0.15) is 0 Å². The van der Waals surface area contributed by atoms with Crippen LogP contribution in [0.2, 0.25) is 0 Å². The van der Waals surface area contributed by atoms with Crippen molar-refractivity contribution in [2.45, 2.75) is 0 Å². The summed E-state index contributed by atoms with van der Waals surface area (Å²) in [6.45, 7) is 0.292. The number of benzene rings is 2. The maximum Gasteiger partial charge on any atom is 0.340 e. The van der Waals surface area contributed by atoms with Crippen molar-refractivity contribution >= 4 is 43.8 Å². The molecule has 2 aromatic rings. The Morgan fingerprint density at radius 3 is 1.70 bits per heavy atom. The van der Waals surface area contributed by atoms with Crippen LogP contribution in [-0.2, 0) is 4.74 Å². The van der Waals surface area contributed by atoms with E-state index in [2.05, 4.69) is 31.9 Å². The van der Waals surface area contributed by atoms with Crippen molar-refractivity contribution in [2.75, 3.05) is 62.1 Å². The number of carbonyl (C=O) groups is 2.